The molecule has 0 saturated carbocycles. The van der Waals surface area contributed by atoms with Gasteiger partial charge in [0.15, 0.2) is 0 Å². The highest BCUT2D eigenvalue weighted by molar-refractivity contribution is 7.19. The maximum absolute atomic E-state index is 13.3. The summed E-state index contributed by atoms with van der Waals surface area (Å²) in [5.41, 5.74) is 6.13. The van der Waals surface area contributed by atoms with Gasteiger partial charge in [0.05, 0.1) is 11.7 Å². The Hall–Kier alpha value is -3.37. The van der Waals surface area contributed by atoms with Crippen LogP contribution in [0.3, 0.4) is 0 Å². The lowest BCUT2D eigenvalue weighted by molar-refractivity contribution is -0.119. The second kappa shape index (κ2) is 9.01. The van der Waals surface area contributed by atoms with Crippen molar-refractivity contribution >= 4 is 50.4 Å². The molecule has 32 heavy (non-hydrogen) atoms. The van der Waals surface area contributed by atoms with Gasteiger partial charge < -0.3 is 10.6 Å². The van der Waals surface area contributed by atoms with Crippen LogP contribution in [0.2, 0.25) is 0 Å². The van der Waals surface area contributed by atoms with Crippen molar-refractivity contribution in [2.24, 2.45) is 5.73 Å². The summed E-state index contributed by atoms with van der Waals surface area (Å²) in [7, 11) is 0. The van der Waals surface area contributed by atoms with E-state index in [0.717, 1.165) is 15.3 Å². The first-order chi connectivity index (χ1) is 15.3. The topological polar surface area (TPSA) is 98.3 Å². The van der Waals surface area contributed by atoms with E-state index in [-0.39, 0.29) is 25.1 Å². The lowest BCUT2D eigenvalue weighted by Crippen LogP contribution is -2.38. The molecule has 1 aromatic carbocycles. The predicted octanol–water partition coefficient (Wildman–Crippen LogP) is 3.54. The number of carbonyl (C=O) groups is 2. The van der Waals surface area contributed by atoms with E-state index in [1.54, 1.807) is 11.3 Å². The van der Waals surface area contributed by atoms with Crippen LogP contribution < -0.4 is 16.2 Å². The van der Waals surface area contributed by atoms with Crippen molar-refractivity contribution < 1.29 is 14.0 Å². The number of benzene rings is 1. The summed E-state index contributed by atoms with van der Waals surface area (Å²) in [5.74, 6) is -1.46. The monoisotopic (exact) mass is 470 g/mol. The zero-order valence-electron chi connectivity index (χ0n) is 17.1. The standard InChI is InChI=1S/C22H19FN4O3S2/c1-13-2-7-17(32-13)16-11-31-21-20(16)22(30)26(12-25-21)10-19(29)27(9-8-18(24)28)15-5-3-14(23)4-6-15/h2-7,11-12H,8-10H2,1H3,(H2,24,28). The molecule has 0 radical (unpaired) electrons. The fraction of sp³-hybridized carbons (Fsp3) is 0.182. The summed E-state index contributed by atoms with van der Waals surface area (Å²) in [6, 6.07) is 9.27. The largest absolute Gasteiger partial charge is 0.370 e. The quantitative estimate of drug-likeness (QED) is 0.447. The van der Waals surface area contributed by atoms with Crippen LogP contribution in [0.25, 0.3) is 20.7 Å². The molecule has 164 valence electrons. The van der Waals surface area contributed by atoms with E-state index in [4.69, 9.17) is 5.73 Å². The number of anilines is 1. The molecule has 10 heteroatoms. The molecule has 0 aliphatic carbocycles. The summed E-state index contributed by atoms with van der Waals surface area (Å²) in [6.07, 6.45) is 1.28. The molecule has 0 aliphatic rings. The first-order valence-electron chi connectivity index (χ1n) is 9.71. The molecule has 7 nitrogen and oxygen atoms in total. The maximum Gasteiger partial charge on any atom is 0.263 e. The number of nitrogens with two attached hydrogens (primary N) is 1. The normalized spacial score (nSPS) is 11.1. The van der Waals surface area contributed by atoms with E-state index in [2.05, 4.69) is 4.98 Å². The molecule has 2 N–H and O–H groups in total. The highest BCUT2D eigenvalue weighted by atomic mass is 32.1. The lowest BCUT2D eigenvalue weighted by Gasteiger charge is -2.22. The van der Waals surface area contributed by atoms with Crippen LogP contribution in [0.1, 0.15) is 11.3 Å². The van der Waals surface area contributed by atoms with Crippen LogP contribution in [0, 0.1) is 12.7 Å². The Bertz CT molecular complexity index is 1360. The minimum Gasteiger partial charge on any atom is -0.370 e. The van der Waals surface area contributed by atoms with Gasteiger partial charge in [-0.1, -0.05) is 0 Å². The number of aromatic nitrogens is 2. The molecular weight excluding hydrogens is 451 g/mol. The van der Waals surface area contributed by atoms with Crippen LogP contribution in [0.4, 0.5) is 10.1 Å². The average Bonchev–Trinajstić information content (AvgIpc) is 3.37. The van der Waals surface area contributed by atoms with Gasteiger partial charge in [-0.2, -0.15) is 0 Å². The Morgan fingerprint density at radius 2 is 1.94 bits per heavy atom. The number of fused-ring (bicyclic) bond motifs is 1. The second-order valence-electron chi connectivity index (χ2n) is 7.16. The van der Waals surface area contributed by atoms with Crippen molar-refractivity contribution in [2.75, 3.05) is 11.4 Å². The van der Waals surface area contributed by atoms with Gasteiger partial charge in [0, 0.05) is 39.4 Å². The zero-order chi connectivity index (χ0) is 22.8. The number of primary amides is 1. The highest BCUT2D eigenvalue weighted by Crippen LogP contribution is 2.34. The fourth-order valence-electron chi connectivity index (χ4n) is 3.31. The smallest absolute Gasteiger partial charge is 0.263 e. The zero-order valence-corrected chi connectivity index (χ0v) is 18.7. The average molecular weight is 471 g/mol. The van der Waals surface area contributed by atoms with Gasteiger partial charge in [-0.15, -0.1) is 22.7 Å². The van der Waals surface area contributed by atoms with E-state index in [9.17, 15) is 18.8 Å². The molecule has 3 aromatic heterocycles. The van der Waals surface area contributed by atoms with Crippen LogP contribution in [0.5, 0.6) is 0 Å². The molecule has 0 spiro atoms. The minimum atomic E-state index is -0.570. The Morgan fingerprint density at radius 3 is 2.59 bits per heavy atom. The molecule has 2 amide bonds. The molecule has 4 aromatic rings. The first kappa shape index (κ1) is 21.8. The van der Waals surface area contributed by atoms with Crippen molar-refractivity contribution in [3.05, 3.63) is 69.2 Å². The number of hydrogen-bond acceptors (Lipinski definition) is 6. The molecule has 4 rings (SSSR count). The summed E-state index contributed by atoms with van der Waals surface area (Å²) < 4.78 is 14.6. The van der Waals surface area contributed by atoms with Crippen LogP contribution in [-0.2, 0) is 16.1 Å². The molecule has 0 unspecified atom stereocenters. The van der Waals surface area contributed by atoms with Crippen molar-refractivity contribution in [1.29, 1.82) is 0 Å². The third-order valence-corrected chi connectivity index (χ3v) is 6.81. The number of hydrogen-bond donors (Lipinski definition) is 1. The Labute approximate surface area is 190 Å². The highest BCUT2D eigenvalue weighted by Gasteiger charge is 2.20. The van der Waals surface area contributed by atoms with Crippen LogP contribution in [-0.4, -0.2) is 27.9 Å². The van der Waals surface area contributed by atoms with Gasteiger partial charge in [0.25, 0.3) is 5.56 Å². The number of thiophene rings is 2. The van der Waals surface area contributed by atoms with Crippen LogP contribution >= 0.6 is 22.7 Å². The molecule has 0 aliphatic heterocycles. The Balaban J connectivity index is 1.68. The van der Waals surface area contributed by atoms with E-state index in [1.807, 2.05) is 24.4 Å². The third-order valence-electron chi connectivity index (χ3n) is 4.89. The first-order valence-corrected chi connectivity index (χ1v) is 11.4. The third kappa shape index (κ3) is 4.46. The minimum absolute atomic E-state index is 0.0163. The molecular formula is C22H19FN4O3S2. The number of nitrogens with zero attached hydrogens (tertiary/aromatic N) is 3. The van der Waals surface area contributed by atoms with Crippen molar-refractivity contribution in [3.8, 4) is 10.4 Å². The van der Waals surface area contributed by atoms with Gasteiger partial charge in [-0.25, -0.2) is 9.37 Å². The summed E-state index contributed by atoms with van der Waals surface area (Å²) >= 11 is 2.96. The lowest BCUT2D eigenvalue weighted by atomic mass is 10.2. The van der Waals surface area contributed by atoms with Gasteiger partial charge in [0.2, 0.25) is 11.8 Å². The predicted molar refractivity (Wildman–Crippen MR) is 124 cm³/mol. The number of rotatable bonds is 7. The number of amides is 2. The second-order valence-corrected chi connectivity index (χ2v) is 9.30. The summed E-state index contributed by atoms with van der Waals surface area (Å²) in [6.45, 7) is 1.73. The molecule has 3 heterocycles. The Kier molecular flexibility index (Phi) is 6.15. The summed E-state index contributed by atoms with van der Waals surface area (Å²) in [4.78, 5) is 46.0. The van der Waals surface area contributed by atoms with Gasteiger partial charge >= 0.3 is 0 Å². The van der Waals surface area contributed by atoms with E-state index >= 15 is 0 Å². The van der Waals surface area contributed by atoms with E-state index in [0.29, 0.717) is 15.9 Å². The van der Waals surface area contributed by atoms with Crippen molar-refractivity contribution in [2.45, 2.75) is 19.9 Å². The van der Waals surface area contributed by atoms with Crippen molar-refractivity contribution in [3.63, 3.8) is 0 Å². The van der Waals surface area contributed by atoms with Gasteiger partial charge in [0.1, 0.15) is 17.2 Å². The van der Waals surface area contributed by atoms with Crippen LogP contribution in [0.15, 0.2) is 52.9 Å². The maximum atomic E-state index is 13.3. The van der Waals surface area contributed by atoms with Gasteiger partial charge in [-0.3, -0.25) is 19.0 Å². The molecule has 0 atom stereocenters. The summed E-state index contributed by atoms with van der Waals surface area (Å²) in [5, 5.41) is 2.37. The SMILES string of the molecule is Cc1ccc(-c2csc3ncn(CC(=O)N(CCC(N)=O)c4ccc(F)cc4)c(=O)c23)s1. The van der Waals surface area contributed by atoms with E-state index < -0.39 is 17.6 Å². The molecule has 0 saturated heterocycles. The number of halogens is 1. The number of carbonyl (C=O) groups excluding carboxylic acids is 2. The number of aryl methyl sites for hydroxylation is 1. The molecule has 0 fully saturated rings. The van der Waals surface area contributed by atoms with Crippen molar-refractivity contribution in [1.82, 2.24) is 9.55 Å². The fourth-order valence-corrected chi connectivity index (χ4v) is 5.17. The van der Waals surface area contributed by atoms with Gasteiger partial charge in [-0.05, 0) is 43.3 Å². The Morgan fingerprint density at radius 1 is 1.19 bits per heavy atom. The molecule has 0 bridgehead atoms. The van der Waals surface area contributed by atoms with E-state index in [1.165, 1.54) is 51.4 Å².